The Morgan fingerprint density at radius 2 is 2.06 bits per heavy atom. The van der Waals surface area contributed by atoms with Crippen LogP contribution in [0.4, 0.5) is 0 Å². The minimum Gasteiger partial charge on any atom is -0.872 e. The molecule has 0 aliphatic carbocycles. The fourth-order valence-electron chi connectivity index (χ4n) is 1.26. The van der Waals surface area contributed by atoms with Crippen LogP contribution in [0.25, 0.3) is 10.4 Å². The fourth-order valence-corrected chi connectivity index (χ4v) is 3.75. The fraction of sp³-hybridized carbons (Fsp3) is 0.182. The van der Waals surface area contributed by atoms with Crippen molar-refractivity contribution in [1.82, 2.24) is 4.58 Å². The topological polar surface area (TPSA) is 26.1 Å². The van der Waals surface area contributed by atoms with Gasteiger partial charge in [0.1, 0.15) is 14.1 Å². The van der Waals surface area contributed by atoms with Crippen molar-refractivity contribution in [2.75, 3.05) is 14.1 Å². The van der Waals surface area contributed by atoms with E-state index >= 15 is 0 Å². The van der Waals surface area contributed by atoms with Crippen LogP contribution >= 0.6 is 38.6 Å². The second-order valence-electron chi connectivity index (χ2n) is 3.50. The molecule has 0 saturated carbocycles. The van der Waals surface area contributed by atoms with Crippen molar-refractivity contribution in [2.24, 2.45) is 0 Å². The largest absolute Gasteiger partial charge is 0.872 e. The summed E-state index contributed by atoms with van der Waals surface area (Å²) in [6.07, 6.45) is 0. The second kappa shape index (κ2) is 4.69. The van der Waals surface area contributed by atoms with Crippen LogP contribution in [-0.4, -0.2) is 14.1 Å². The summed E-state index contributed by atoms with van der Waals surface area (Å²) in [5.74, 6) is 0.0718. The highest BCUT2D eigenvalue weighted by Crippen LogP contribution is 2.32. The first-order chi connectivity index (χ1) is 7.58. The average Bonchev–Trinajstić information content (AvgIpc) is 2.70. The molecule has 2 rings (SSSR count). The smallest absolute Gasteiger partial charge is 0.313 e. The zero-order valence-corrected chi connectivity index (χ0v) is 12.1. The molecule has 0 spiro atoms. The van der Waals surface area contributed by atoms with Gasteiger partial charge in [-0.05, 0) is 17.7 Å². The molecule has 5 heteroatoms. The SMILES string of the molecule is C[N+](C)=c1scc(-c2cc(Br)ccc2[O-])s1. The predicted octanol–water partition coefficient (Wildman–Crippen LogP) is 2.34. The number of nitrogens with zero attached hydrogens (tertiary/aromatic N) is 1. The molecule has 0 unspecified atom stereocenters. The van der Waals surface area contributed by atoms with Crippen LogP contribution < -0.4 is 13.7 Å². The van der Waals surface area contributed by atoms with E-state index in [9.17, 15) is 5.11 Å². The first kappa shape index (κ1) is 11.8. The standard InChI is InChI=1S/C11H10BrNOS2/c1-13(2)11-15-6-10(16-11)8-5-7(12)3-4-9(8)14/h3-6H,1-2H3. The number of rotatable bonds is 1. The van der Waals surface area contributed by atoms with Crippen molar-refractivity contribution in [3.63, 3.8) is 0 Å². The normalized spacial score (nSPS) is 10.4. The molecule has 1 aromatic carbocycles. The van der Waals surface area contributed by atoms with Crippen LogP contribution in [0, 0.1) is 0 Å². The van der Waals surface area contributed by atoms with Gasteiger partial charge in [-0.25, -0.2) is 4.58 Å². The number of hydrogen-bond donors (Lipinski definition) is 0. The molecule has 0 aliphatic heterocycles. The van der Waals surface area contributed by atoms with Crippen molar-refractivity contribution in [3.05, 3.63) is 32.0 Å². The number of hydrogen-bond acceptors (Lipinski definition) is 3. The molecule has 0 amide bonds. The van der Waals surface area contributed by atoms with E-state index in [4.69, 9.17) is 0 Å². The maximum absolute atomic E-state index is 11.7. The first-order valence-electron chi connectivity index (χ1n) is 4.64. The summed E-state index contributed by atoms with van der Waals surface area (Å²) in [4.78, 5) is 1.03. The Morgan fingerprint density at radius 3 is 2.69 bits per heavy atom. The molecular formula is C11H10BrNOS2. The lowest BCUT2D eigenvalue weighted by atomic mass is 10.2. The van der Waals surface area contributed by atoms with Crippen molar-refractivity contribution in [3.8, 4) is 16.2 Å². The van der Waals surface area contributed by atoms with Crippen LogP contribution in [0.15, 0.2) is 28.1 Å². The summed E-state index contributed by atoms with van der Waals surface area (Å²) in [5, 5.41) is 13.8. The zero-order chi connectivity index (χ0) is 11.7. The van der Waals surface area contributed by atoms with E-state index < -0.39 is 0 Å². The van der Waals surface area contributed by atoms with Crippen molar-refractivity contribution < 1.29 is 5.11 Å². The molecular weight excluding hydrogens is 306 g/mol. The second-order valence-corrected chi connectivity index (χ2v) is 6.57. The molecule has 0 atom stereocenters. The molecule has 0 fully saturated rings. The molecule has 1 aromatic heterocycles. The summed E-state index contributed by atoms with van der Waals surface area (Å²) in [7, 11) is 4.01. The molecule has 0 bridgehead atoms. The van der Waals surface area contributed by atoms with E-state index in [1.807, 2.05) is 25.5 Å². The van der Waals surface area contributed by atoms with Gasteiger partial charge < -0.3 is 5.11 Å². The van der Waals surface area contributed by atoms with E-state index in [1.54, 1.807) is 34.8 Å². The van der Waals surface area contributed by atoms with E-state index in [1.165, 1.54) is 3.98 Å². The molecule has 16 heavy (non-hydrogen) atoms. The predicted molar refractivity (Wildman–Crippen MR) is 71.9 cm³/mol. The van der Waals surface area contributed by atoms with Gasteiger partial charge in [0.05, 0.1) is 4.88 Å². The average molecular weight is 316 g/mol. The molecule has 1 heterocycles. The Labute approximate surface area is 110 Å². The highest BCUT2D eigenvalue weighted by molar-refractivity contribution is 9.10. The molecule has 0 saturated heterocycles. The Kier molecular flexibility index (Phi) is 3.47. The Morgan fingerprint density at radius 1 is 1.31 bits per heavy atom. The lowest BCUT2D eigenvalue weighted by molar-refractivity contribution is -0.267. The monoisotopic (exact) mass is 315 g/mol. The molecule has 84 valence electrons. The maximum atomic E-state index is 11.7. The highest BCUT2D eigenvalue weighted by atomic mass is 79.9. The lowest BCUT2D eigenvalue weighted by Crippen LogP contribution is -2.14. The minimum absolute atomic E-state index is 0.0718. The molecule has 0 aliphatic rings. The molecule has 0 N–H and O–H groups in total. The van der Waals surface area contributed by atoms with Crippen LogP contribution in [0.5, 0.6) is 5.75 Å². The van der Waals surface area contributed by atoms with Crippen molar-refractivity contribution >= 4 is 38.6 Å². The Bertz CT molecular complexity index is 582. The van der Waals surface area contributed by atoms with Crippen molar-refractivity contribution in [2.45, 2.75) is 0 Å². The van der Waals surface area contributed by atoms with Crippen molar-refractivity contribution in [1.29, 1.82) is 0 Å². The first-order valence-corrected chi connectivity index (χ1v) is 7.13. The van der Waals surface area contributed by atoms with Gasteiger partial charge in [-0.2, -0.15) is 0 Å². The lowest BCUT2D eigenvalue weighted by Gasteiger charge is -2.11. The van der Waals surface area contributed by atoms with Gasteiger partial charge in [0.2, 0.25) is 0 Å². The maximum Gasteiger partial charge on any atom is 0.313 e. The molecule has 0 radical (unpaired) electrons. The molecule has 2 aromatic rings. The third-order valence-electron chi connectivity index (χ3n) is 2.04. The van der Waals surface area contributed by atoms with E-state index in [-0.39, 0.29) is 5.75 Å². The summed E-state index contributed by atoms with van der Waals surface area (Å²) in [6, 6.07) is 5.25. The quantitative estimate of drug-likeness (QED) is 0.742. The third kappa shape index (κ3) is 2.36. The van der Waals surface area contributed by atoms with Gasteiger partial charge >= 0.3 is 3.98 Å². The number of benzene rings is 1. The Hall–Kier alpha value is -0.650. The summed E-state index contributed by atoms with van der Waals surface area (Å²) in [6.45, 7) is 0. The van der Waals surface area contributed by atoms with E-state index in [0.29, 0.717) is 0 Å². The summed E-state index contributed by atoms with van der Waals surface area (Å²) in [5.41, 5.74) is 0.767. The van der Waals surface area contributed by atoms with Gasteiger partial charge in [0.15, 0.2) is 0 Å². The van der Waals surface area contributed by atoms with Gasteiger partial charge in [-0.15, -0.1) is 5.75 Å². The van der Waals surface area contributed by atoms with E-state index in [2.05, 4.69) is 20.5 Å². The highest BCUT2D eigenvalue weighted by Gasteiger charge is 2.05. The zero-order valence-electron chi connectivity index (χ0n) is 8.86. The van der Waals surface area contributed by atoms with Gasteiger partial charge in [-0.3, -0.25) is 0 Å². The third-order valence-corrected chi connectivity index (χ3v) is 5.24. The molecule has 2 nitrogen and oxygen atoms in total. The van der Waals surface area contributed by atoms with Crippen LogP contribution in [0.1, 0.15) is 0 Å². The van der Waals surface area contributed by atoms with Crippen LogP contribution in [-0.2, 0) is 0 Å². The summed E-state index contributed by atoms with van der Waals surface area (Å²) < 4.78 is 4.18. The van der Waals surface area contributed by atoms with E-state index in [0.717, 1.165) is 14.9 Å². The van der Waals surface area contributed by atoms with Crippen LogP contribution in [0.3, 0.4) is 0 Å². The summed E-state index contributed by atoms with van der Waals surface area (Å²) >= 11 is 6.69. The Balaban J connectivity index is 2.59. The van der Waals surface area contributed by atoms with Crippen LogP contribution in [0.2, 0.25) is 0 Å². The minimum atomic E-state index is 0.0718. The van der Waals surface area contributed by atoms with Gasteiger partial charge in [-0.1, -0.05) is 44.7 Å². The van der Waals surface area contributed by atoms with Gasteiger partial charge in [0, 0.05) is 9.85 Å². The number of halogens is 1. The van der Waals surface area contributed by atoms with Gasteiger partial charge in [0.25, 0.3) is 0 Å².